The predicted octanol–water partition coefficient (Wildman–Crippen LogP) is 3.40. The van der Waals surface area contributed by atoms with Crippen LogP contribution in [0.25, 0.3) is 10.9 Å². The van der Waals surface area contributed by atoms with Crippen LogP contribution < -0.4 is 11.1 Å². The van der Waals surface area contributed by atoms with Crippen molar-refractivity contribution in [3.63, 3.8) is 0 Å². The van der Waals surface area contributed by atoms with Crippen LogP contribution in [0.2, 0.25) is 0 Å². The Morgan fingerprint density at radius 1 is 1.10 bits per heavy atom. The van der Waals surface area contributed by atoms with Gasteiger partial charge in [0, 0.05) is 11.1 Å². The Kier molecular flexibility index (Phi) is 2.95. The van der Waals surface area contributed by atoms with Crippen molar-refractivity contribution in [2.45, 2.75) is 6.92 Å². The molecule has 2 aromatic carbocycles. The quantitative estimate of drug-likeness (QED) is 0.699. The molecule has 100 valence electrons. The number of nitrogens with zero attached hydrogens (tertiary/aromatic N) is 2. The summed E-state index contributed by atoms with van der Waals surface area (Å²) in [6.07, 6.45) is 1.44. The van der Waals surface area contributed by atoms with Crippen LogP contribution in [0.4, 0.5) is 21.6 Å². The highest BCUT2D eigenvalue weighted by Crippen LogP contribution is 2.26. The van der Waals surface area contributed by atoms with Crippen molar-refractivity contribution in [3.05, 3.63) is 54.1 Å². The fourth-order valence-electron chi connectivity index (χ4n) is 2.02. The molecule has 3 aromatic rings. The number of halogens is 1. The molecule has 0 unspecified atom stereocenters. The average Bonchev–Trinajstić information content (AvgIpc) is 2.42. The van der Waals surface area contributed by atoms with Crippen molar-refractivity contribution in [1.82, 2.24) is 9.97 Å². The van der Waals surface area contributed by atoms with Crippen LogP contribution in [0.15, 0.2) is 42.7 Å². The van der Waals surface area contributed by atoms with Crippen molar-refractivity contribution in [2.24, 2.45) is 0 Å². The number of hydrogen-bond donors (Lipinski definition) is 2. The monoisotopic (exact) mass is 268 g/mol. The van der Waals surface area contributed by atoms with E-state index in [0.717, 1.165) is 16.5 Å². The summed E-state index contributed by atoms with van der Waals surface area (Å²) in [5, 5.41) is 3.74. The fourth-order valence-corrected chi connectivity index (χ4v) is 2.02. The smallest absolute Gasteiger partial charge is 0.146 e. The first kappa shape index (κ1) is 12.3. The number of nitrogens with two attached hydrogens (primary N) is 1. The Labute approximate surface area is 115 Å². The van der Waals surface area contributed by atoms with Crippen LogP contribution in [0.1, 0.15) is 5.56 Å². The van der Waals surface area contributed by atoms with Gasteiger partial charge < -0.3 is 11.1 Å². The van der Waals surface area contributed by atoms with Crippen molar-refractivity contribution in [2.75, 3.05) is 11.1 Å². The van der Waals surface area contributed by atoms with Gasteiger partial charge in [-0.15, -0.1) is 0 Å². The highest BCUT2D eigenvalue weighted by atomic mass is 19.1. The minimum absolute atomic E-state index is 0.319. The van der Waals surface area contributed by atoms with Crippen LogP contribution >= 0.6 is 0 Å². The highest BCUT2D eigenvalue weighted by Gasteiger charge is 2.07. The van der Waals surface area contributed by atoms with E-state index in [1.54, 1.807) is 18.2 Å². The Bertz CT molecular complexity index is 786. The highest BCUT2D eigenvalue weighted by molar-refractivity contribution is 5.92. The number of anilines is 3. The molecular weight excluding hydrogens is 255 g/mol. The van der Waals surface area contributed by atoms with Crippen LogP contribution in [0.3, 0.4) is 0 Å². The van der Waals surface area contributed by atoms with Gasteiger partial charge in [0.1, 0.15) is 18.0 Å². The number of fused-ring (bicyclic) bond motifs is 1. The third-order valence-corrected chi connectivity index (χ3v) is 3.04. The molecule has 0 aliphatic carbocycles. The predicted molar refractivity (Wildman–Crippen MR) is 78.4 cm³/mol. The van der Waals surface area contributed by atoms with Crippen LogP contribution in [-0.4, -0.2) is 9.97 Å². The van der Waals surface area contributed by atoms with Gasteiger partial charge in [0.2, 0.25) is 0 Å². The van der Waals surface area contributed by atoms with E-state index in [1.165, 1.54) is 12.4 Å². The van der Waals surface area contributed by atoms with Crippen LogP contribution in [-0.2, 0) is 0 Å². The summed E-state index contributed by atoms with van der Waals surface area (Å²) in [5.41, 5.74) is 8.38. The molecule has 0 bridgehead atoms. The van der Waals surface area contributed by atoms with E-state index in [9.17, 15) is 4.39 Å². The molecular formula is C15H13FN4. The average molecular weight is 268 g/mol. The zero-order chi connectivity index (χ0) is 14.1. The standard InChI is InChI=1S/C15H13FN4/c1-9-2-4-14(12(16)6-9)20-15-11-7-10(17)3-5-13(11)18-8-19-15/h2-8H,17H2,1H3,(H,18,19,20). The van der Waals surface area contributed by atoms with Gasteiger partial charge in [0.25, 0.3) is 0 Å². The Morgan fingerprint density at radius 2 is 1.95 bits per heavy atom. The van der Waals surface area contributed by atoms with Gasteiger partial charge in [-0.25, -0.2) is 14.4 Å². The summed E-state index contributed by atoms with van der Waals surface area (Å²) in [5.74, 6) is 0.214. The van der Waals surface area contributed by atoms with Crippen molar-refractivity contribution in [1.29, 1.82) is 0 Å². The second-order valence-electron chi connectivity index (χ2n) is 4.61. The summed E-state index contributed by atoms with van der Waals surface area (Å²) in [7, 11) is 0. The van der Waals surface area contributed by atoms with Gasteiger partial charge in [-0.2, -0.15) is 0 Å². The van der Waals surface area contributed by atoms with Gasteiger partial charge in [0.05, 0.1) is 11.2 Å². The summed E-state index contributed by atoms with van der Waals surface area (Å²) in [4.78, 5) is 8.32. The van der Waals surface area contributed by atoms with E-state index in [2.05, 4.69) is 15.3 Å². The minimum atomic E-state index is -0.319. The molecule has 3 rings (SSSR count). The third kappa shape index (κ3) is 2.25. The maximum atomic E-state index is 13.9. The van der Waals surface area contributed by atoms with Crippen LogP contribution in [0.5, 0.6) is 0 Å². The van der Waals surface area contributed by atoms with E-state index in [1.807, 2.05) is 19.1 Å². The summed E-state index contributed by atoms with van der Waals surface area (Å²) in [6.45, 7) is 1.84. The van der Waals surface area contributed by atoms with Crippen molar-refractivity contribution in [3.8, 4) is 0 Å². The summed E-state index contributed by atoms with van der Waals surface area (Å²) < 4.78 is 13.9. The van der Waals surface area contributed by atoms with Gasteiger partial charge in [-0.3, -0.25) is 0 Å². The molecule has 0 aliphatic rings. The molecule has 0 saturated heterocycles. The number of hydrogen-bond acceptors (Lipinski definition) is 4. The van der Waals surface area contributed by atoms with E-state index in [-0.39, 0.29) is 5.82 Å². The molecule has 1 heterocycles. The maximum Gasteiger partial charge on any atom is 0.146 e. The molecule has 0 aliphatic heterocycles. The van der Waals surface area contributed by atoms with E-state index >= 15 is 0 Å². The third-order valence-electron chi connectivity index (χ3n) is 3.04. The fraction of sp³-hybridized carbons (Fsp3) is 0.0667. The van der Waals surface area contributed by atoms with E-state index in [4.69, 9.17) is 5.73 Å². The van der Waals surface area contributed by atoms with Gasteiger partial charge in [0.15, 0.2) is 0 Å². The van der Waals surface area contributed by atoms with Gasteiger partial charge in [-0.05, 0) is 42.8 Å². The minimum Gasteiger partial charge on any atom is -0.399 e. The molecule has 0 spiro atoms. The molecule has 0 atom stereocenters. The number of aryl methyl sites for hydroxylation is 1. The Balaban J connectivity index is 2.08. The Hall–Kier alpha value is -2.69. The molecule has 0 fully saturated rings. The first-order valence-corrected chi connectivity index (χ1v) is 6.17. The van der Waals surface area contributed by atoms with Gasteiger partial charge in [-0.1, -0.05) is 6.07 Å². The second-order valence-corrected chi connectivity index (χ2v) is 4.61. The zero-order valence-electron chi connectivity index (χ0n) is 10.9. The number of rotatable bonds is 2. The summed E-state index contributed by atoms with van der Waals surface area (Å²) >= 11 is 0. The number of benzene rings is 2. The lowest BCUT2D eigenvalue weighted by Gasteiger charge is -2.10. The molecule has 20 heavy (non-hydrogen) atoms. The summed E-state index contributed by atoms with van der Waals surface area (Å²) in [6, 6.07) is 10.3. The normalized spacial score (nSPS) is 10.7. The lowest BCUT2D eigenvalue weighted by molar-refractivity contribution is 0.630. The molecule has 0 radical (unpaired) electrons. The lowest BCUT2D eigenvalue weighted by atomic mass is 10.2. The molecule has 4 nitrogen and oxygen atoms in total. The zero-order valence-corrected chi connectivity index (χ0v) is 10.9. The number of nitrogens with one attached hydrogen (secondary N) is 1. The Morgan fingerprint density at radius 3 is 2.75 bits per heavy atom. The SMILES string of the molecule is Cc1ccc(Nc2ncnc3ccc(N)cc23)c(F)c1. The molecule has 0 amide bonds. The largest absolute Gasteiger partial charge is 0.399 e. The molecule has 1 aromatic heterocycles. The van der Waals surface area contributed by atoms with E-state index in [0.29, 0.717) is 17.2 Å². The van der Waals surface area contributed by atoms with Gasteiger partial charge >= 0.3 is 0 Å². The van der Waals surface area contributed by atoms with Crippen LogP contribution in [0, 0.1) is 12.7 Å². The first-order valence-electron chi connectivity index (χ1n) is 6.17. The second kappa shape index (κ2) is 4.77. The lowest BCUT2D eigenvalue weighted by Crippen LogP contribution is -1.99. The molecule has 0 saturated carbocycles. The molecule has 5 heteroatoms. The number of nitrogen functional groups attached to an aromatic ring is 1. The molecule has 3 N–H and O–H groups in total. The van der Waals surface area contributed by atoms with Crippen molar-refractivity contribution >= 4 is 28.1 Å². The first-order chi connectivity index (χ1) is 9.63. The van der Waals surface area contributed by atoms with Crippen molar-refractivity contribution < 1.29 is 4.39 Å². The van der Waals surface area contributed by atoms with E-state index < -0.39 is 0 Å². The number of aromatic nitrogens is 2. The topological polar surface area (TPSA) is 63.8 Å². The maximum absolute atomic E-state index is 13.9.